The summed E-state index contributed by atoms with van der Waals surface area (Å²) >= 11 is 6.24. The molecule has 0 spiro atoms. The van der Waals surface area contributed by atoms with Crippen LogP contribution in [0.15, 0.2) is 35.1 Å². The minimum absolute atomic E-state index is 0.176. The Labute approximate surface area is 116 Å². The summed E-state index contributed by atoms with van der Waals surface area (Å²) in [5, 5.41) is 0.342. The summed E-state index contributed by atoms with van der Waals surface area (Å²) in [5.41, 5.74) is 1.02. The Bertz CT molecular complexity index is 647. The molecular weight excluding hydrogens is 266 g/mol. The molecule has 2 aromatic rings. The first kappa shape index (κ1) is 13.5. The number of rotatable bonds is 3. The van der Waals surface area contributed by atoms with Crippen molar-refractivity contribution in [2.75, 3.05) is 14.2 Å². The summed E-state index contributed by atoms with van der Waals surface area (Å²) in [7, 11) is 4.83. The summed E-state index contributed by atoms with van der Waals surface area (Å²) in [6.45, 7) is 0. The lowest BCUT2D eigenvalue weighted by Gasteiger charge is -2.13. The highest BCUT2D eigenvalue weighted by Crippen LogP contribution is 2.28. The van der Waals surface area contributed by atoms with Crippen LogP contribution in [0.2, 0.25) is 5.15 Å². The van der Waals surface area contributed by atoms with Crippen molar-refractivity contribution >= 4 is 11.6 Å². The maximum Gasteiger partial charge on any atom is 0.197 e. The molecule has 0 N–H and O–H groups in total. The quantitative estimate of drug-likeness (QED) is 0.811. The number of ether oxygens (including phenoxy) is 2. The maximum absolute atomic E-state index is 12.1. The molecule has 0 aliphatic heterocycles. The van der Waals surface area contributed by atoms with Crippen molar-refractivity contribution in [1.82, 2.24) is 4.57 Å². The highest BCUT2D eigenvalue weighted by atomic mass is 35.5. The molecule has 1 heterocycles. The van der Waals surface area contributed by atoms with Crippen LogP contribution >= 0.6 is 11.6 Å². The second kappa shape index (κ2) is 5.36. The molecule has 100 valence electrons. The zero-order valence-corrected chi connectivity index (χ0v) is 11.7. The highest BCUT2D eigenvalue weighted by Gasteiger charge is 2.14. The van der Waals surface area contributed by atoms with Gasteiger partial charge in [0.05, 0.1) is 19.8 Å². The van der Waals surface area contributed by atoms with E-state index in [1.807, 2.05) is 0 Å². The third-order valence-corrected chi connectivity index (χ3v) is 3.36. The fraction of sp³-hybridized carbons (Fsp3) is 0.214. The summed E-state index contributed by atoms with van der Waals surface area (Å²) in [6.07, 6.45) is 0. The number of pyridine rings is 1. The molecule has 0 amide bonds. The standard InChI is InChI=1S/C14H14ClNO3/c1-16-12(19-3)8-11(17)13(14(16)15)9-4-6-10(18-2)7-5-9/h4-8H,1-3H3. The zero-order valence-electron chi connectivity index (χ0n) is 10.9. The van der Waals surface area contributed by atoms with Gasteiger partial charge in [0, 0.05) is 13.1 Å². The Balaban J connectivity index is 2.61. The van der Waals surface area contributed by atoms with E-state index in [2.05, 4.69) is 0 Å². The number of nitrogens with zero attached hydrogens (tertiary/aromatic N) is 1. The molecule has 1 aromatic heterocycles. The van der Waals surface area contributed by atoms with Gasteiger partial charge in [-0.3, -0.25) is 4.79 Å². The van der Waals surface area contributed by atoms with Crippen molar-refractivity contribution in [2.24, 2.45) is 7.05 Å². The number of hydrogen-bond donors (Lipinski definition) is 0. The van der Waals surface area contributed by atoms with Crippen molar-refractivity contribution in [1.29, 1.82) is 0 Å². The van der Waals surface area contributed by atoms with Crippen LogP contribution in [0.25, 0.3) is 11.1 Å². The molecule has 0 unspecified atom stereocenters. The molecule has 1 aromatic carbocycles. The number of benzene rings is 1. The second-order valence-corrected chi connectivity index (χ2v) is 4.36. The number of hydrogen-bond acceptors (Lipinski definition) is 3. The Morgan fingerprint density at radius 3 is 2.26 bits per heavy atom. The number of methoxy groups -OCH3 is 2. The summed E-state index contributed by atoms with van der Waals surface area (Å²) < 4.78 is 11.8. The van der Waals surface area contributed by atoms with Crippen LogP contribution in [0.4, 0.5) is 0 Å². The summed E-state index contributed by atoms with van der Waals surface area (Å²) in [5.74, 6) is 1.15. The van der Waals surface area contributed by atoms with Gasteiger partial charge in [-0.2, -0.15) is 0 Å². The van der Waals surface area contributed by atoms with Gasteiger partial charge in [0.25, 0.3) is 0 Å². The average Bonchev–Trinajstić information content (AvgIpc) is 2.43. The van der Waals surface area contributed by atoms with Gasteiger partial charge in [0.2, 0.25) is 0 Å². The zero-order chi connectivity index (χ0) is 14.0. The third kappa shape index (κ3) is 2.44. The predicted octanol–water partition coefficient (Wildman–Crippen LogP) is 2.72. The van der Waals surface area contributed by atoms with Crippen molar-refractivity contribution in [2.45, 2.75) is 0 Å². The van der Waals surface area contributed by atoms with E-state index in [1.165, 1.54) is 13.2 Å². The molecule has 0 aliphatic rings. The van der Waals surface area contributed by atoms with Crippen molar-refractivity contribution in [3.05, 3.63) is 45.7 Å². The van der Waals surface area contributed by atoms with E-state index in [1.54, 1.807) is 43.0 Å². The monoisotopic (exact) mass is 279 g/mol. The Kier molecular flexibility index (Phi) is 3.81. The van der Waals surface area contributed by atoms with E-state index >= 15 is 0 Å². The number of halogens is 1. The summed E-state index contributed by atoms with van der Waals surface area (Å²) in [4.78, 5) is 12.1. The molecule has 0 fully saturated rings. The largest absolute Gasteiger partial charge is 0.497 e. The predicted molar refractivity (Wildman–Crippen MR) is 75.2 cm³/mol. The van der Waals surface area contributed by atoms with Gasteiger partial charge in [-0.25, -0.2) is 0 Å². The van der Waals surface area contributed by atoms with Crippen molar-refractivity contribution < 1.29 is 9.47 Å². The molecule has 5 heteroatoms. The van der Waals surface area contributed by atoms with Crippen LogP contribution in [0, 0.1) is 0 Å². The fourth-order valence-corrected chi connectivity index (χ4v) is 2.15. The topological polar surface area (TPSA) is 40.5 Å². The molecule has 4 nitrogen and oxygen atoms in total. The molecular formula is C14H14ClNO3. The van der Waals surface area contributed by atoms with Crippen LogP contribution in [-0.4, -0.2) is 18.8 Å². The van der Waals surface area contributed by atoms with Gasteiger partial charge < -0.3 is 14.0 Å². The normalized spacial score (nSPS) is 10.3. The SMILES string of the molecule is COc1ccc(-c2c(Cl)n(C)c(OC)cc2=O)cc1. The van der Waals surface area contributed by atoms with Gasteiger partial charge >= 0.3 is 0 Å². The molecule has 0 aliphatic carbocycles. The first-order valence-corrected chi connectivity index (χ1v) is 6.04. The molecule has 0 saturated heterocycles. The van der Waals surface area contributed by atoms with Gasteiger partial charge in [-0.1, -0.05) is 23.7 Å². The van der Waals surface area contributed by atoms with Gasteiger partial charge in [-0.05, 0) is 17.7 Å². The van der Waals surface area contributed by atoms with Crippen LogP contribution in [0.1, 0.15) is 0 Å². The van der Waals surface area contributed by atoms with Crippen LogP contribution in [-0.2, 0) is 7.05 Å². The first-order chi connectivity index (χ1) is 9.08. The highest BCUT2D eigenvalue weighted by molar-refractivity contribution is 6.32. The summed E-state index contributed by atoms with van der Waals surface area (Å²) in [6, 6.07) is 8.60. The van der Waals surface area contributed by atoms with Gasteiger partial charge in [0.1, 0.15) is 10.9 Å². The van der Waals surface area contributed by atoms with E-state index in [-0.39, 0.29) is 5.43 Å². The number of aromatic nitrogens is 1. The van der Waals surface area contributed by atoms with Crippen molar-refractivity contribution in [3.63, 3.8) is 0 Å². The van der Waals surface area contributed by atoms with E-state index in [9.17, 15) is 4.79 Å². The van der Waals surface area contributed by atoms with E-state index in [0.717, 1.165) is 11.3 Å². The van der Waals surface area contributed by atoms with Crippen LogP contribution < -0.4 is 14.9 Å². The van der Waals surface area contributed by atoms with E-state index in [4.69, 9.17) is 21.1 Å². The third-order valence-electron chi connectivity index (χ3n) is 2.92. The van der Waals surface area contributed by atoms with E-state index in [0.29, 0.717) is 16.6 Å². The smallest absolute Gasteiger partial charge is 0.197 e. The van der Waals surface area contributed by atoms with Crippen LogP contribution in [0.5, 0.6) is 11.6 Å². The molecule has 0 radical (unpaired) electrons. The fourth-order valence-electron chi connectivity index (χ4n) is 1.86. The molecule has 0 bridgehead atoms. The van der Waals surface area contributed by atoms with Crippen LogP contribution in [0.3, 0.4) is 0 Å². The minimum atomic E-state index is -0.176. The first-order valence-electron chi connectivity index (χ1n) is 5.66. The van der Waals surface area contributed by atoms with Gasteiger partial charge in [0.15, 0.2) is 11.3 Å². The van der Waals surface area contributed by atoms with Gasteiger partial charge in [-0.15, -0.1) is 0 Å². The van der Waals surface area contributed by atoms with E-state index < -0.39 is 0 Å². The molecule has 0 atom stereocenters. The Morgan fingerprint density at radius 1 is 1.11 bits per heavy atom. The molecule has 0 saturated carbocycles. The lowest BCUT2D eigenvalue weighted by atomic mass is 10.1. The Morgan fingerprint density at radius 2 is 1.74 bits per heavy atom. The maximum atomic E-state index is 12.1. The molecule has 19 heavy (non-hydrogen) atoms. The lowest BCUT2D eigenvalue weighted by Crippen LogP contribution is -2.12. The molecule has 2 rings (SSSR count). The lowest BCUT2D eigenvalue weighted by molar-refractivity contribution is 0.378. The minimum Gasteiger partial charge on any atom is -0.497 e. The second-order valence-electron chi connectivity index (χ2n) is 4.00. The Hall–Kier alpha value is -1.94. The van der Waals surface area contributed by atoms with Crippen molar-refractivity contribution in [3.8, 4) is 22.8 Å². The average molecular weight is 280 g/mol.